The quantitative estimate of drug-likeness (QED) is 0.838. The molecule has 7 nitrogen and oxygen atoms in total. The number of hydrogen-bond acceptors (Lipinski definition) is 4. The number of nitrogens with one attached hydrogen (secondary N) is 1. The van der Waals surface area contributed by atoms with Crippen LogP contribution in [0.5, 0.6) is 5.75 Å². The highest BCUT2D eigenvalue weighted by Gasteiger charge is 2.30. The third-order valence-electron chi connectivity index (χ3n) is 4.60. The molecule has 0 spiro atoms. The van der Waals surface area contributed by atoms with Gasteiger partial charge in [0.25, 0.3) is 5.91 Å². The number of likely N-dealkylation sites (N-methyl/N-ethyl adjacent to an activating group) is 1. The number of halogens is 1. The van der Waals surface area contributed by atoms with Crippen LogP contribution in [0, 0.1) is 5.82 Å². The van der Waals surface area contributed by atoms with E-state index in [1.54, 1.807) is 31.2 Å². The van der Waals surface area contributed by atoms with E-state index < -0.39 is 11.7 Å². The summed E-state index contributed by atoms with van der Waals surface area (Å²) in [6.07, 6.45) is 0.158. The molecular formula is C21H22FN3O4. The van der Waals surface area contributed by atoms with Gasteiger partial charge in [-0.1, -0.05) is 12.1 Å². The Hall–Kier alpha value is -3.42. The fourth-order valence-electron chi connectivity index (χ4n) is 3.12. The first kappa shape index (κ1) is 20.3. The molecule has 2 aromatic rings. The van der Waals surface area contributed by atoms with Crippen LogP contribution >= 0.6 is 0 Å². The van der Waals surface area contributed by atoms with Crippen LogP contribution in [-0.4, -0.2) is 48.9 Å². The molecule has 0 aromatic heterocycles. The molecule has 29 heavy (non-hydrogen) atoms. The summed E-state index contributed by atoms with van der Waals surface area (Å²) in [5.41, 5.74) is 1.16. The zero-order chi connectivity index (χ0) is 21.0. The van der Waals surface area contributed by atoms with Crippen molar-refractivity contribution < 1.29 is 23.5 Å². The molecule has 0 aliphatic carbocycles. The molecule has 3 amide bonds. The number of ether oxygens (including phenoxy) is 1. The number of benzene rings is 2. The van der Waals surface area contributed by atoms with Crippen molar-refractivity contribution in [1.29, 1.82) is 0 Å². The van der Waals surface area contributed by atoms with Gasteiger partial charge in [0.2, 0.25) is 11.8 Å². The Morgan fingerprint density at radius 3 is 2.62 bits per heavy atom. The molecule has 152 valence electrons. The molecule has 1 aliphatic rings. The highest BCUT2D eigenvalue weighted by Crippen LogP contribution is 2.31. The fraction of sp³-hybridized carbons (Fsp3) is 0.286. The average molecular weight is 399 g/mol. The van der Waals surface area contributed by atoms with Crippen LogP contribution in [-0.2, 0) is 14.4 Å². The lowest BCUT2D eigenvalue weighted by molar-refractivity contribution is -0.135. The van der Waals surface area contributed by atoms with Gasteiger partial charge < -0.3 is 19.9 Å². The van der Waals surface area contributed by atoms with E-state index in [9.17, 15) is 18.8 Å². The highest BCUT2D eigenvalue weighted by atomic mass is 19.1. The molecule has 0 saturated heterocycles. The van der Waals surface area contributed by atoms with Gasteiger partial charge in [0.05, 0.1) is 17.9 Å². The molecule has 0 radical (unpaired) electrons. The lowest BCUT2D eigenvalue weighted by atomic mass is 10.1. The van der Waals surface area contributed by atoms with Crippen LogP contribution in [0.1, 0.15) is 13.3 Å². The second-order valence-electron chi connectivity index (χ2n) is 6.87. The molecule has 1 heterocycles. The van der Waals surface area contributed by atoms with Gasteiger partial charge in [-0.05, 0) is 43.3 Å². The lowest BCUT2D eigenvalue weighted by Gasteiger charge is -2.29. The minimum Gasteiger partial charge on any atom is -0.484 e. The molecule has 1 atom stereocenters. The number of hydrogen-bond donors (Lipinski definition) is 1. The summed E-state index contributed by atoms with van der Waals surface area (Å²) in [4.78, 5) is 40.2. The van der Waals surface area contributed by atoms with Gasteiger partial charge >= 0.3 is 0 Å². The van der Waals surface area contributed by atoms with Crippen molar-refractivity contribution in [3.63, 3.8) is 0 Å². The number of amides is 3. The Bertz CT molecular complexity index is 916. The second-order valence-corrected chi connectivity index (χ2v) is 6.87. The SMILES string of the molecule is CC1CC(=O)Nc2ccccc2N1C(=O)CN(C)C(=O)COc1ccc(F)cc1. The summed E-state index contributed by atoms with van der Waals surface area (Å²) in [6.45, 7) is 1.35. The van der Waals surface area contributed by atoms with Crippen molar-refractivity contribution in [3.8, 4) is 5.75 Å². The molecule has 2 aromatic carbocycles. The summed E-state index contributed by atoms with van der Waals surface area (Å²) >= 11 is 0. The zero-order valence-corrected chi connectivity index (χ0v) is 16.2. The predicted molar refractivity (Wildman–Crippen MR) is 106 cm³/mol. The molecule has 1 unspecified atom stereocenters. The largest absolute Gasteiger partial charge is 0.484 e. The Morgan fingerprint density at radius 2 is 1.90 bits per heavy atom. The normalized spacial score (nSPS) is 15.8. The van der Waals surface area contributed by atoms with Crippen molar-refractivity contribution in [3.05, 3.63) is 54.3 Å². The number of para-hydroxylation sites is 2. The van der Waals surface area contributed by atoms with Gasteiger partial charge in [-0.2, -0.15) is 0 Å². The van der Waals surface area contributed by atoms with E-state index in [1.807, 2.05) is 0 Å². The van der Waals surface area contributed by atoms with Crippen LogP contribution in [0.15, 0.2) is 48.5 Å². The summed E-state index contributed by atoms with van der Waals surface area (Å²) in [6, 6.07) is 12.0. The molecule has 1 aliphatic heterocycles. The first-order valence-electron chi connectivity index (χ1n) is 9.18. The smallest absolute Gasteiger partial charge is 0.260 e. The van der Waals surface area contributed by atoms with Crippen molar-refractivity contribution in [2.45, 2.75) is 19.4 Å². The third kappa shape index (κ3) is 4.90. The minimum atomic E-state index is -0.397. The fourth-order valence-corrected chi connectivity index (χ4v) is 3.12. The van der Waals surface area contributed by atoms with Crippen molar-refractivity contribution >= 4 is 29.1 Å². The van der Waals surface area contributed by atoms with Crippen molar-refractivity contribution in [2.24, 2.45) is 0 Å². The van der Waals surface area contributed by atoms with E-state index in [-0.39, 0.29) is 37.4 Å². The predicted octanol–water partition coefficient (Wildman–Crippen LogP) is 2.43. The molecule has 1 N–H and O–H groups in total. The highest BCUT2D eigenvalue weighted by molar-refractivity contribution is 6.05. The van der Waals surface area contributed by atoms with Crippen LogP contribution < -0.4 is 15.0 Å². The van der Waals surface area contributed by atoms with Gasteiger partial charge in [-0.25, -0.2) is 4.39 Å². The van der Waals surface area contributed by atoms with Gasteiger partial charge in [0.15, 0.2) is 6.61 Å². The molecule has 8 heteroatoms. The number of rotatable bonds is 5. The van der Waals surface area contributed by atoms with Crippen molar-refractivity contribution in [2.75, 3.05) is 30.4 Å². The van der Waals surface area contributed by atoms with Crippen LogP contribution in [0.25, 0.3) is 0 Å². The molecule has 0 fully saturated rings. The Morgan fingerprint density at radius 1 is 1.21 bits per heavy atom. The number of fused-ring (bicyclic) bond motifs is 1. The van der Waals surface area contributed by atoms with E-state index in [4.69, 9.17) is 4.74 Å². The molecule has 0 saturated carbocycles. The molecule has 0 bridgehead atoms. The number of anilines is 2. The van der Waals surface area contributed by atoms with Crippen LogP contribution in [0.2, 0.25) is 0 Å². The maximum absolute atomic E-state index is 13.0. The number of nitrogens with zero attached hydrogens (tertiary/aromatic N) is 2. The Balaban J connectivity index is 1.65. The monoisotopic (exact) mass is 399 g/mol. The van der Waals surface area contributed by atoms with E-state index >= 15 is 0 Å². The van der Waals surface area contributed by atoms with Crippen LogP contribution in [0.4, 0.5) is 15.8 Å². The van der Waals surface area contributed by atoms with E-state index in [1.165, 1.54) is 41.1 Å². The van der Waals surface area contributed by atoms with E-state index in [2.05, 4.69) is 5.32 Å². The third-order valence-corrected chi connectivity index (χ3v) is 4.60. The Kier molecular flexibility index (Phi) is 6.11. The zero-order valence-electron chi connectivity index (χ0n) is 16.2. The van der Waals surface area contributed by atoms with Gasteiger partial charge in [-0.3, -0.25) is 14.4 Å². The first-order valence-corrected chi connectivity index (χ1v) is 9.18. The summed E-state index contributed by atoms with van der Waals surface area (Å²) in [7, 11) is 1.51. The first-order chi connectivity index (χ1) is 13.8. The maximum Gasteiger partial charge on any atom is 0.260 e. The number of carbonyl (C=O) groups is 3. The maximum atomic E-state index is 13.0. The van der Waals surface area contributed by atoms with E-state index in [0.717, 1.165) is 0 Å². The number of carbonyl (C=O) groups excluding carboxylic acids is 3. The lowest BCUT2D eigenvalue weighted by Crippen LogP contribution is -2.46. The molecule has 3 rings (SSSR count). The van der Waals surface area contributed by atoms with Gasteiger partial charge in [-0.15, -0.1) is 0 Å². The summed E-state index contributed by atoms with van der Waals surface area (Å²) in [5, 5.41) is 2.80. The topological polar surface area (TPSA) is 79.0 Å². The van der Waals surface area contributed by atoms with E-state index in [0.29, 0.717) is 17.1 Å². The van der Waals surface area contributed by atoms with Crippen LogP contribution in [0.3, 0.4) is 0 Å². The molecular weight excluding hydrogens is 377 g/mol. The summed E-state index contributed by atoms with van der Waals surface area (Å²) in [5.74, 6) is -0.908. The van der Waals surface area contributed by atoms with Gasteiger partial charge in [0, 0.05) is 19.5 Å². The van der Waals surface area contributed by atoms with Crippen molar-refractivity contribution in [1.82, 2.24) is 4.90 Å². The standard InChI is InChI=1S/C21H22FN3O4/c1-14-11-19(26)23-17-5-3-4-6-18(17)25(14)20(27)12-24(2)21(28)13-29-16-9-7-15(22)8-10-16/h3-10,14H,11-13H2,1-2H3,(H,23,26). The average Bonchev–Trinajstić information content (AvgIpc) is 2.81. The second kappa shape index (κ2) is 8.72. The minimum absolute atomic E-state index is 0.158. The summed E-state index contributed by atoms with van der Waals surface area (Å²) < 4.78 is 18.3. The van der Waals surface area contributed by atoms with Gasteiger partial charge in [0.1, 0.15) is 11.6 Å². The Labute approximate surface area is 168 Å².